The maximum absolute atomic E-state index is 12.6. The van der Waals surface area contributed by atoms with Crippen LogP contribution in [-0.4, -0.2) is 22.9 Å². The number of nitrogens with two attached hydrogens (primary N) is 1. The van der Waals surface area contributed by atoms with Crippen molar-refractivity contribution in [3.05, 3.63) is 92.9 Å². The molecule has 0 heterocycles. The number of phenolic OH excluding ortho intramolecular Hbond substituents is 1. The molecule has 8 nitrogen and oxygen atoms in total. The minimum Gasteiger partial charge on any atom is -0.506 e. The highest BCUT2D eigenvalue weighted by atomic mass is 79.9. The van der Waals surface area contributed by atoms with E-state index in [1.807, 2.05) is 0 Å². The number of halogens is 2. The van der Waals surface area contributed by atoms with Crippen molar-refractivity contribution in [1.29, 1.82) is 0 Å². The zero-order chi connectivity index (χ0) is 26.2. The summed E-state index contributed by atoms with van der Waals surface area (Å²) in [5, 5.41) is 15.9. The summed E-state index contributed by atoms with van der Waals surface area (Å²) in [5.41, 5.74) is 8.02. The van der Waals surface area contributed by atoms with Gasteiger partial charge in [-0.1, -0.05) is 34.1 Å². The smallest absolute Gasteiger partial charge is 0.412 e. The molecule has 0 aliphatic rings. The third-order valence-electron chi connectivity index (χ3n) is 5.03. The molecular formula is C26H23Br2N3O5. The number of rotatable bonds is 8. The quantitative estimate of drug-likeness (QED) is 0.128. The predicted octanol–water partition coefficient (Wildman–Crippen LogP) is 6.58. The van der Waals surface area contributed by atoms with E-state index in [2.05, 4.69) is 42.5 Å². The number of carbonyl (C=O) groups is 3. The number of nitrogen functional groups attached to an aromatic ring is 1. The molecule has 0 aliphatic heterocycles. The van der Waals surface area contributed by atoms with Gasteiger partial charge in [0, 0.05) is 27.7 Å². The van der Waals surface area contributed by atoms with Crippen LogP contribution in [0.25, 0.3) is 0 Å². The van der Waals surface area contributed by atoms with E-state index < -0.39 is 18.1 Å². The number of hydrogen-bond acceptors (Lipinski definition) is 6. The summed E-state index contributed by atoms with van der Waals surface area (Å²) in [6.07, 6.45) is 1.21. The topological polar surface area (TPSA) is 131 Å². The van der Waals surface area contributed by atoms with E-state index in [0.717, 1.165) is 0 Å². The second-order valence-electron chi connectivity index (χ2n) is 7.69. The van der Waals surface area contributed by atoms with Crippen LogP contribution in [0.2, 0.25) is 0 Å². The number of ether oxygens (including phenoxy) is 1. The summed E-state index contributed by atoms with van der Waals surface area (Å²) in [6, 6.07) is 16.5. The van der Waals surface area contributed by atoms with E-state index in [0.29, 0.717) is 37.1 Å². The minimum absolute atomic E-state index is 0.0881. The van der Waals surface area contributed by atoms with Crippen LogP contribution >= 0.6 is 31.9 Å². The van der Waals surface area contributed by atoms with Crippen molar-refractivity contribution in [2.75, 3.05) is 16.4 Å². The molecule has 36 heavy (non-hydrogen) atoms. The Morgan fingerprint density at radius 2 is 1.75 bits per heavy atom. The van der Waals surface area contributed by atoms with Crippen LogP contribution in [0.1, 0.15) is 35.4 Å². The first kappa shape index (κ1) is 27.0. The van der Waals surface area contributed by atoms with Gasteiger partial charge in [-0.05, 0) is 77.5 Å². The molecule has 0 radical (unpaired) electrons. The molecular weight excluding hydrogens is 594 g/mol. The number of hydrogen-bond donors (Lipinski definition) is 4. The lowest BCUT2D eigenvalue weighted by Gasteiger charge is -2.19. The fraction of sp³-hybridized carbons (Fsp3) is 0.115. The molecule has 0 spiro atoms. The highest BCUT2D eigenvalue weighted by Gasteiger charge is 2.22. The zero-order valence-electron chi connectivity index (χ0n) is 19.1. The summed E-state index contributed by atoms with van der Waals surface area (Å²) < 4.78 is 6.66. The first-order valence-corrected chi connectivity index (χ1v) is 12.3. The van der Waals surface area contributed by atoms with Gasteiger partial charge in [-0.15, -0.1) is 0 Å². The van der Waals surface area contributed by atoms with E-state index in [1.54, 1.807) is 60.7 Å². The molecule has 3 rings (SSSR count). The largest absolute Gasteiger partial charge is 0.506 e. The van der Waals surface area contributed by atoms with Gasteiger partial charge in [0.1, 0.15) is 11.9 Å². The lowest BCUT2D eigenvalue weighted by atomic mass is 10.0. The Hall–Kier alpha value is -3.63. The number of ketones is 1. The van der Waals surface area contributed by atoms with Crippen molar-refractivity contribution in [3.63, 3.8) is 0 Å². The number of amides is 2. The van der Waals surface area contributed by atoms with Crippen LogP contribution in [-0.2, 0) is 9.53 Å². The van der Waals surface area contributed by atoms with E-state index >= 15 is 0 Å². The number of phenols is 1. The van der Waals surface area contributed by atoms with Gasteiger partial charge in [0.25, 0.3) is 0 Å². The number of Topliss-reactive ketones (excluding diaryl/α,β-unsaturated/α-hetero) is 1. The summed E-state index contributed by atoms with van der Waals surface area (Å²) in [6.45, 7) is 1.45. The molecule has 0 saturated heterocycles. The molecule has 3 aromatic rings. The average Bonchev–Trinajstić information content (AvgIpc) is 2.82. The molecule has 2 amide bonds. The van der Waals surface area contributed by atoms with E-state index in [9.17, 15) is 19.5 Å². The first-order chi connectivity index (χ1) is 17.1. The molecule has 5 N–H and O–H groups in total. The van der Waals surface area contributed by atoms with Gasteiger partial charge in [-0.25, -0.2) is 4.79 Å². The van der Waals surface area contributed by atoms with E-state index in [1.165, 1.54) is 19.1 Å². The Morgan fingerprint density at radius 3 is 2.42 bits per heavy atom. The van der Waals surface area contributed by atoms with Crippen LogP contribution in [0.5, 0.6) is 5.75 Å². The predicted molar refractivity (Wildman–Crippen MR) is 146 cm³/mol. The molecule has 0 fully saturated rings. The summed E-state index contributed by atoms with van der Waals surface area (Å²) in [4.78, 5) is 36.4. The Labute approximate surface area is 224 Å². The van der Waals surface area contributed by atoms with Crippen LogP contribution in [0.15, 0.2) is 81.8 Å². The zero-order valence-corrected chi connectivity index (χ0v) is 22.3. The van der Waals surface area contributed by atoms with Gasteiger partial charge in [0.2, 0.25) is 5.91 Å². The van der Waals surface area contributed by atoms with Crippen molar-refractivity contribution in [3.8, 4) is 5.75 Å². The van der Waals surface area contributed by atoms with Crippen molar-refractivity contribution >= 4 is 66.7 Å². The van der Waals surface area contributed by atoms with Crippen LogP contribution in [0.4, 0.5) is 21.9 Å². The van der Waals surface area contributed by atoms with Crippen molar-refractivity contribution in [2.45, 2.75) is 19.4 Å². The van der Waals surface area contributed by atoms with Gasteiger partial charge in [-0.2, -0.15) is 0 Å². The third kappa shape index (κ3) is 7.43. The SMILES string of the molecule is CC(=O)c1ccc(NC(=O)O[C@@H](C/C=C/C(=O)Nc2ccccc2N)c2cc(Br)cc(Br)c2O)cc1. The second kappa shape index (κ2) is 12.4. The summed E-state index contributed by atoms with van der Waals surface area (Å²) in [5.74, 6) is -0.608. The normalized spacial score (nSPS) is 11.6. The molecule has 0 bridgehead atoms. The highest BCUT2D eigenvalue weighted by molar-refractivity contribution is 9.11. The average molecular weight is 617 g/mol. The standard InChI is InChI=1S/C26H23Br2N3O5/c1-15(32)16-9-11-18(12-10-16)30-26(35)36-23(19-13-17(27)14-20(28)25(19)34)7-4-8-24(33)31-22-6-3-2-5-21(22)29/h2-6,8-14,23,34H,7,29H2,1H3,(H,30,35)(H,31,33)/b8-4+/t23-/m0/s1. The van der Waals surface area contributed by atoms with Gasteiger partial charge < -0.3 is 20.9 Å². The number of anilines is 3. The molecule has 0 unspecified atom stereocenters. The number of aromatic hydroxyl groups is 1. The maximum atomic E-state index is 12.6. The van der Waals surface area contributed by atoms with Crippen molar-refractivity contribution in [2.24, 2.45) is 0 Å². The van der Waals surface area contributed by atoms with Gasteiger partial charge in [0.05, 0.1) is 15.8 Å². The fourth-order valence-electron chi connectivity index (χ4n) is 3.22. The molecule has 3 aromatic carbocycles. The monoisotopic (exact) mass is 615 g/mol. The van der Waals surface area contributed by atoms with E-state index in [4.69, 9.17) is 10.5 Å². The lowest BCUT2D eigenvalue weighted by Crippen LogP contribution is -2.18. The highest BCUT2D eigenvalue weighted by Crippen LogP contribution is 2.38. The second-order valence-corrected chi connectivity index (χ2v) is 9.46. The Bertz CT molecular complexity index is 1310. The molecule has 0 aliphatic carbocycles. The minimum atomic E-state index is -0.930. The number of benzene rings is 3. The first-order valence-electron chi connectivity index (χ1n) is 10.7. The van der Waals surface area contributed by atoms with Gasteiger partial charge >= 0.3 is 6.09 Å². The molecule has 10 heteroatoms. The van der Waals surface area contributed by atoms with Crippen LogP contribution < -0.4 is 16.4 Å². The summed E-state index contributed by atoms with van der Waals surface area (Å²) >= 11 is 6.65. The van der Waals surface area contributed by atoms with E-state index in [-0.39, 0.29) is 18.0 Å². The Morgan fingerprint density at radius 1 is 1.06 bits per heavy atom. The van der Waals surface area contributed by atoms with Crippen molar-refractivity contribution < 1.29 is 24.2 Å². The van der Waals surface area contributed by atoms with Crippen molar-refractivity contribution in [1.82, 2.24) is 0 Å². The number of carbonyl (C=O) groups excluding carboxylic acids is 3. The number of para-hydroxylation sites is 2. The van der Waals surface area contributed by atoms with Crippen LogP contribution in [0, 0.1) is 0 Å². The van der Waals surface area contributed by atoms with Crippen LogP contribution in [0.3, 0.4) is 0 Å². The Kier molecular flexibility index (Phi) is 9.26. The molecule has 0 saturated carbocycles. The van der Waals surface area contributed by atoms with Gasteiger partial charge in [-0.3, -0.25) is 14.9 Å². The molecule has 1 atom stereocenters. The number of nitrogens with one attached hydrogen (secondary N) is 2. The lowest BCUT2D eigenvalue weighted by molar-refractivity contribution is -0.111. The molecule has 186 valence electrons. The fourth-order valence-corrected chi connectivity index (χ4v) is 4.48. The Balaban J connectivity index is 1.75. The molecule has 0 aromatic heterocycles. The van der Waals surface area contributed by atoms with Gasteiger partial charge in [0.15, 0.2) is 5.78 Å². The summed E-state index contributed by atoms with van der Waals surface area (Å²) in [7, 11) is 0. The third-order valence-corrected chi connectivity index (χ3v) is 6.09. The maximum Gasteiger partial charge on any atom is 0.412 e.